The van der Waals surface area contributed by atoms with Crippen LogP contribution in [-0.4, -0.2) is 85.3 Å². The van der Waals surface area contributed by atoms with Crippen molar-refractivity contribution in [2.75, 3.05) is 20.1 Å². The van der Waals surface area contributed by atoms with E-state index in [-0.39, 0.29) is 47.4 Å². The predicted molar refractivity (Wildman–Crippen MR) is 122 cm³/mol. The molecule has 0 spiro atoms. The van der Waals surface area contributed by atoms with Gasteiger partial charge in [-0.2, -0.15) is 5.26 Å². The number of carbonyl (C=O) groups is 2. The maximum Gasteiger partial charge on any atom is 0.242 e. The molecule has 11 heteroatoms. The number of sulfonamides is 1. The summed E-state index contributed by atoms with van der Waals surface area (Å²) in [7, 11) is -2.21. The number of nitrogens with zero attached hydrogens (tertiary/aromatic N) is 4. The first kappa shape index (κ1) is 23.2. The van der Waals surface area contributed by atoms with Crippen LogP contribution in [0.2, 0.25) is 0 Å². The van der Waals surface area contributed by atoms with E-state index in [4.69, 9.17) is 5.73 Å². The van der Waals surface area contributed by atoms with Gasteiger partial charge in [0.1, 0.15) is 6.04 Å². The fourth-order valence-electron chi connectivity index (χ4n) is 6.03. The highest BCUT2D eigenvalue weighted by atomic mass is 32.2. The van der Waals surface area contributed by atoms with Gasteiger partial charge in [-0.15, -0.1) is 0 Å². The molecule has 3 saturated heterocycles. The summed E-state index contributed by atoms with van der Waals surface area (Å²) in [6.45, 7) is 2.81. The van der Waals surface area contributed by atoms with Gasteiger partial charge < -0.3 is 15.5 Å². The van der Waals surface area contributed by atoms with Crippen LogP contribution < -0.4 is 10.5 Å². The molecule has 0 aromatic heterocycles. The molecule has 5 rings (SSSR count). The minimum atomic E-state index is -3.58. The van der Waals surface area contributed by atoms with Crippen LogP contribution in [0.5, 0.6) is 0 Å². The summed E-state index contributed by atoms with van der Waals surface area (Å²) in [4.78, 5) is 31.9. The summed E-state index contributed by atoms with van der Waals surface area (Å²) in [5, 5.41) is 9.38. The van der Waals surface area contributed by atoms with Crippen molar-refractivity contribution in [2.45, 2.75) is 67.3 Å². The van der Waals surface area contributed by atoms with Crippen LogP contribution >= 0.6 is 0 Å². The summed E-state index contributed by atoms with van der Waals surface area (Å²) < 4.78 is 26.7. The van der Waals surface area contributed by atoms with Crippen LogP contribution in [0.15, 0.2) is 29.2 Å². The molecule has 1 aliphatic carbocycles. The van der Waals surface area contributed by atoms with Gasteiger partial charge >= 0.3 is 0 Å². The van der Waals surface area contributed by atoms with E-state index in [2.05, 4.69) is 10.8 Å². The highest BCUT2D eigenvalue weighted by molar-refractivity contribution is 7.89. The van der Waals surface area contributed by atoms with Crippen LogP contribution in [0.1, 0.15) is 37.8 Å². The van der Waals surface area contributed by atoms with Gasteiger partial charge in [0.15, 0.2) is 0 Å². The normalized spacial score (nSPS) is 31.9. The van der Waals surface area contributed by atoms with Crippen LogP contribution in [0.3, 0.4) is 0 Å². The van der Waals surface area contributed by atoms with Gasteiger partial charge in [-0.1, -0.05) is 12.1 Å². The van der Waals surface area contributed by atoms with Gasteiger partial charge in [0.05, 0.1) is 29.1 Å². The number of nitriles is 1. The van der Waals surface area contributed by atoms with Gasteiger partial charge in [-0.3, -0.25) is 14.5 Å². The van der Waals surface area contributed by atoms with Crippen molar-refractivity contribution in [1.82, 2.24) is 19.4 Å². The monoisotopic (exact) mass is 486 g/mol. The van der Waals surface area contributed by atoms with E-state index in [0.29, 0.717) is 18.9 Å². The third-order valence-electron chi connectivity index (χ3n) is 7.91. The minimum absolute atomic E-state index is 0.0224. The first-order valence-electron chi connectivity index (χ1n) is 11.7. The Kier molecular flexibility index (Phi) is 5.67. The Morgan fingerprint density at radius 2 is 2.09 bits per heavy atom. The van der Waals surface area contributed by atoms with Crippen molar-refractivity contribution >= 4 is 21.8 Å². The molecule has 34 heavy (non-hydrogen) atoms. The van der Waals surface area contributed by atoms with E-state index in [1.54, 1.807) is 17.0 Å². The topological polar surface area (TPSA) is 140 Å². The molecule has 4 aliphatic rings. The SMILES string of the molecule is CNS(=O)(=O)c1cccc([C@H](C)N2C(=O)[C@H]3C[C@@H]2CN3C[C@H](N)C(=O)N2C3C[C@H]3C[C@H]2C#N)c1. The first-order valence-corrected chi connectivity index (χ1v) is 13.2. The molecule has 4 fully saturated rings. The number of amides is 2. The molecular weight excluding hydrogens is 456 g/mol. The van der Waals surface area contributed by atoms with Crippen molar-refractivity contribution in [3.8, 4) is 6.07 Å². The zero-order valence-electron chi connectivity index (χ0n) is 19.3. The van der Waals surface area contributed by atoms with E-state index < -0.39 is 22.1 Å². The summed E-state index contributed by atoms with van der Waals surface area (Å²) >= 11 is 0. The summed E-state index contributed by atoms with van der Waals surface area (Å²) in [6.07, 6.45) is 2.34. The Morgan fingerprint density at radius 1 is 1.32 bits per heavy atom. The van der Waals surface area contributed by atoms with Crippen molar-refractivity contribution in [2.24, 2.45) is 11.7 Å². The van der Waals surface area contributed by atoms with Gasteiger partial charge in [-0.05, 0) is 56.8 Å². The average Bonchev–Trinajstić information content (AvgIpc) is 3.15. The highest BCUT2D eigenvalue weighted by Gasteiger charge is 2.56. The molecule has 1 aromatic rings. The number of hydrogen-bond acceptors (Lipinski definition) is 7. The lowest BCUT2D eigenvalue weighted by atomic mass is 10.1. The standard InChI is InChI=1S/C23H30N6O4S/c1-13(14-4-3-5-18(7-14)34(32,33)26-2)28-17-9-21(23(28)31)27(11-17)12-19(25)22(30)29-16(10-24)6-15-8-20(15)29/h3-5,7,13,15-17,19-21,26H,6,8-9,11-12,25H2,1-2H3/t13-,15+,16-,17+,19-,20?,21+/m0/s1. The number of benzene rings is 1. The fraction of sp³-hybridized carbons (Fsp3) is 0.609. The van der Waals surface area contributed by atoms with Gasteiger partial charge in [0.25, 0.3) is 0 Å². The second-order valence-corrected chi connectivity index (χ2v) is 11.7. The molecule has 3 N–H and O–H groups in total. The Morgan fingerprint density at radius 3 is 2.76 bits per heavy atom. The second-order valence-electron chi connectivity index (χ2n) is 9.86. The lowest BCUT2D eigenvalue weighted by Crippen LogP contribution is -2.57. The third-order valence-corrected chi connectivity index (χ3v) is 9.32. The molecule has 1 unspecified atom stereocenters. The van der Waals surface area contributed by atoms with Crippen molar-refractivity contribution in [3.05, 3.63) is 29.8 Å². The molecule has 2 bridgehead atoms. The highest BCUT2D eigenvalue weighted by Crippen LogP contribution is 2.48. The van der Waals surface area contributed by atoms with Crippen LogP contribution in [0.25, 0.3) is 0 Å². The molecule has 3 heterocycles. The van der Waals surface area contributed by atoms with Gasteiger partial charge in [-0.25, -0.2) is 13.1 Å². The third kappa shape index (κ3) is 3.69. The summed E-state index contributed by atoms with van der Waals surface area (Å²) in [6, 6.07) is 7.23. The second kappa shape index (κ2) is 8.30. The molecule has 0 radical (unpaired) electrons. The van der Waals surface area contributed by atoms with E-state index in [9.17, 15) is 23.3 Å². The molecule has 10 nitrogen and oxygen atoms in total. The maximum absolute atomic E-state index is 13.3. The number of carbonyl (C=O) groups excluding carboxylic acids is 2. The molecular formula is C23H30N6O4S. The average molecular weight is 487 g/mol. The molecule has 182 valence electrons. The smallest absolute Gasteiger partial charge is 0.242 e. The fourth-order valence-corrected chi connectivity index (χ4v) is 6.81. The molecule has 2 amide bonds. The van der Waals surface area contributed by atoms with E-state index in [1.807, 2.05) is 22.8 Å². The van der Waals surface area contributed by atoms with E-state index >= 15 is 0 Å². The van der Waals surface area contributed by atoms with Crippen LogP contribution in [0, 0.1) is 17.2 Å². The van der Waals surface area contributed by atoms with Gasteiger partial charge in [0, 0.05) is 25.2 Å². The van der Waals surface area contributed by atoms with Crippen molar-refractivity contribution < 1.29 is 18.0 Å². The molecule has 3 aliphatic heterocycles. The Balaban J connectivity index is 1.25. The number of fused-ring (bicyclic) bond motifs is 3. The zero-order chi connectivity index (χ0) is 24.4. The predicted octanol–water partition coefficient (Wildman–Crippen LogP) is -0.219. The Bertz CT molecular complexity index is 1170. The molecule has 1 saturated carbocycles. The zero-order valence-corrected chi connectivity index (χ0v) is 20.1. The van der Waals surface area contributed by atoms with Gasteiger partial charge in [0.2, 0.25) is 21.8 Å². The summed E-state index contributed by atoms with van der Waals surface area (Å²) in [5.41, 5.74) is 7.03. The largest absolute Gasteiger partial charge is 0.330 e. The first-order chi connectivity index (χ1) is 16.2. The number of nitrogens with two attached hydrogens (primary N) is 1. The Hall–Kier alpha value is -2.52. The number of piperazine rings is 1. The lowest BCUT2D eigenvalue weighted by molar-refractivity contribution is -0.141. The lowest BCUT2D eigenvalue weighted by Gasteiger charge is -2.38. The number of piperidine rings is 1. The van der Waals surface area contributed by atoms with Crippen LogP contribution in [0.4, 0.5) is 0 Å². The van der Waals surface area contributed by atoms with Crippen molar-refractivity contribution in [3.63, 3.8) is 0 Å². The maximum atomic E-state index is 13.3. The quantitative estimate of drug-likeness (QED) is 0.543. The number of nitrogens with one attached hydrogen (secondary N) is 1. The van der Waals surface area contributed by atoms with Crippen LogP contribution in [-0.2, 0) is 19.6 Å². The molecule has 1 aromatic carbocycles. The summed E-state index contributed by atoms with van der Waals surface area (Å²) in [5.74, 6) is 0.213. The molecule has 7 atom stereocenters. The number of rotatable bonds is 7. The minimum Gasteiger partial charge on any atom is -0.330 e. The van der Waals surface area contributed by atoms with E-state index in [0.717, 1.165) is 18.4 Å². The van der Waals surface area contributed by atoms with E-state index in [1.165, 1.54) is 13.1 Å². The number of hydrogen-bond donors (Lipinski definition) is 2. The Labute approximate surface area is 199 Å². The van der Waals surface area contributed by atoms with Crippen molar-refractivity contribution in [1.29, 1.82) is 5.26 Å². The number of likely N-dealkylation sites (tertiary alicyclic amines) is 3.